The maximum absolute atomic E-state index is 12.6. The van der Waals surface area contributed by atoms with Crippen LogP contribution in [0.5, 0.6) is 0 Å². The molecule has 1 fully saturated rings. The second kappa shape index (κ2) is 22.8. The summed E-state index contributed by atoms with van der Waals surface area (Å²) in [7, 11) is -17.6. The summed E-state index contributed by atoms with van der Waals surface area (Å²) in [6.45, 7) is 2.15. The molecular weight excluding hydrogens is 867 g/mol. The largest absolute Gasteiger partial charge is 0.790 e. The molecule has 1 aliphatic heterocycles. The molecule has 2 unspecified atom stereocenters. The number of amides is 2. The van der Waals surface area contributed by atoms with Gasteiger partial charge in [0.05, 0.1) is 27.4 Å². The summed E-state index contributed by atoms with van der Waals surface area (Å²) in [5, 5.41) is 26.2. The highest BCUT2D eigenvalue weighted by Crippen LogP contribution is 2.56. The van der Waals surface area contributed by atoms with E-state index >= 15 is 0 Å². The molecular formula is C31H46N7O17P3S-4. The number of hydrogen-bond donors (Lipinski definition) is 5. The van der Waals surface area contributed by atoms with Gasteiger partial charge in [0.25, 0.3) is 15.6 Å². The van der Waals surface area contributed by atoms with Crippen molar-refractivity contribution in [2.45, 2.75) is 83.5 Å². The topological polar surface area (TPSA) is 375 Å². The first-order valence-electron chi connectivity index (χ1n) is 17.8. The van der Waals surface area contributed by atoms with E-state index in [9.17, 15) is 57.9 Å². The van der Waals surface area contributed by atoms with Crippen LogP contribution in [0, 0.1) is 5.41 Å². The van der Waals surface area contributed by atoms with Gasteiger partial charge in [-0.2, -0.15) is 0 Å². The molecule has 28 heteroatoms. The van der Waals surface area contributed by atoms with Gasteiger partial charge in [0.15, 0.2) is 22.8 Å². The minimum absolute atomic E-state index is 0.0198. The fraction of sp³-hybridized carbons (Fsp3) is 0.613. The maximum Gasteiger partial charge on any atom is 0.274 e. The number of anilines is 1. The van der Waals surface area contributed by atoms with Crippen LogP contribution >= 0.6 is 35.2 Å². The fourth-order valence-corrected chi connectivity index (χ4v) is 8.53. The minimum atomic E-state index is -5.92. The Labute approximate surface area is 342 Å². The summed E-state index contributed by atoms with van der Waals surface area (Å²) in [5.74, 6) is -1.20. The number of nitrogens with zero attached hydrogens (tertiary/aromatic N) is 4. The highest BCUT2D eigenvalue weighted by Gasteiger charge is 2.47. The first-order chi connectivity index (χ1) is 27.6. The highest BCUT2D eigenvalue weighted by atomic mass is 32.2. The van der Waals surface area contributed by atoms with Crippen LogP contribution in [0.15, 0.2) is 37.0 Å². The van der Waals surface area contributed by atoms with Gasteiger partial charge in [-0.25, -0.2) is 19.3 Å². The van der Waals surface area contributed by atoms with Crippen molar-refractivity contribution in [3.8, 4) is 0 Å². The monoisotopic (exact) mass is 913 g/mol. The van der Waals surface area contributed by atoms with E-state index in [2.05, 4.69) is 49.5 Å². The molecule has 2 amide bonds. The SMILES string of the molecule is CC/C=C\C/C=C\CCC(=O)SCCNC(=O)CCNC(=O)[C@H](O)C(C)(C)COP(=O)([O-])OP(=O)([O-])OC[C@H]1O[C@@H](n2cnc3c(N)ncnc32)[C@H](O)[C@@H]1OP(=O)([O-])[O-]. The van der Waals surface area contributed by atoms with E-state index in [4.69, 9.17) is 10.5 Å². The van der Waals surface area contributed by atoms with Crippen molar-refractivity contribution in [1.29, 1.82) is 0 Å². The Hall–Kier alpha value is -2.96. The van der Waals surface area contributed by atoms with Gasteiger partial charge in [-0.15, -0.1) is 0 Å². The number of allylic oxidation sites excluding steroid dienone is 4. The van der Waals surface area contributed by atoms with Crippen LogP contribution in [0.4, 0.5) is 5.82 Å². The Bertz CT molecular complexity index is 1950. The zero-order valence-corrected chi connectivity index (χ0v) is 35.6. The molecule has 1 aliphatic rings. The van der Waals surface area contributed by atoms with Crippen molar-refractivity contribution in [2.24, 2.45) is 5.41 Å². The zero-order valence-electron chi connectivity index (χ0n) is 32.1. The molecule has 1 saturated heterocycles. The smallest absolute Gasteiger partial charge is 0.274 e. The number of thioether (sulfide) groups is 1. The van der Waals surface area contributed by atoms with Crippen LogP contribution in [-0.4, -0.2) is 103 Å². The summed E-state index contributed by atoms with van der Waals surface area (Å²) in [6.07, 6.45) is 3.17. The van der Waals surface area contributed by atoms with Gasteiger partial charge < -0.3 is 69.0 Å². The Kier molecular flexibility index (Phi) is 19.4. The van der Waals surface area contributed by atoms with Gasteiger partial charge in [-0.05, 0) is 19.3 Å². The van der Waals surface area contributed by atoms with Crippen molar-refractivity contribution >= 4 is 69.1 Å². The second-order valence-electron chi connectivity index (χ2n) is 13.3. The number of nitrogens with two attached hydrogens (primary N) is 1. The standard InChI is InChI=1S/C31H50N7O17P3S/c1-4-5-6-7-8-9-10-11-22(40)59-15-14-33-21(39)12-13-34-29(43)26(42)31(2,3)17-52-58(49,50)55-57(47,48)51-16-20-25(54-56(44,45)46)24(41)30(53-20)38-19-37-23-27(32)35-18-36-28(23)38/h5-6,8-9,18-20,24-26,30,41-42H,4,7,10-17H2,1-3H3,(H,33,39)(H,34,43)(H,47,48)(H,49,50)(H2,32,35,36)(H2,44,45,46)/p-4/b6-5-,9-8-/t20-,24-,25-,26+,30-/m1/s1. The number of carbonyl (C=O) groups is 3. The number of ether oxygens (including phenoxy) is 1. The van der Waals surface area contributed by atoms with Gasteiger partial charge in [-0.3, -0.25) is 28.1 Å². The summed E-state index contributed by atoms with van der Waals surface area (Å²) < 4.78 is 60.6. The van der Waals surface area contributed by atoms with E-state index in [1.807, 2.05) is 25.2 Å². The number of carbonyl (C=O) groups excluding carboxylic acids is 3. The predicted molar refractivity (Wildman–Crippen MR) is 201 cm³/mol. The van der Waals surface area contributed by atoms with Crippen LogP contribution in [0.3, 0.4) is 0 Å². The first kappa shape index (κ1) is 50.4. The van der Waals surface area contributed by atoms with Crippen molar-refractivity contribution in [3.05, 3.63) is 37.0 Å². The minimum Gasteiger partial charge on any atom is -0.790 e. The molecule has 0 saturated carbocycles. The molecule has 59 heavy (non-hydrogen) atoms. The van der Waals surface area contributed by atoms with Crippen LogP contribution in [0.1, 0.15) is 59.1 Å². The van der Waals surface area contributed by atoms with Gasteiger partial charge in [0.2, 0.25) is 11.8 Å². The number of aliphatic hydroxyl groups excluding tert-OH is 2. The molecule has 0 aliphatic carbocycles. The number of rotatable bonds is 25. The quantitative estimate of drug-likeness (QED) is 0.0445. The summed E-state index contributed by atoms with van der Waals surface area (Å²) >= 11 is 1.08. The van der Waals surface area contributed by atoms with E-state index in [1.54, 1.807) is 0 Å². The zero-order chi connectivity index (χ0) is 44.0. The van der Waals surface area contributed by atoms with Gasteiger partial charge in [0, 0.05) is 37.1 Å². The third-order valence-electron chi connectivity index (χ3n) is 8.10. The van der Waals surface area contributed by atoms with E-state index in [0.29, 0.717) is 18.6 Å². The molecule has 3 rings (SSSR count). The molecule has 24 nitrogen and oxygen atoms in total. The van der Waals surface area contributed by atoms with E-state index in [0.717, 1.165) is 41.8 Å². The van der Waals surface area contributed by atoms with Crippen molar-refractivity contribution in [3.63, 3.8) is 0 Å². The lowest BCUT2D eigenvalue weighted by molar-refractivity contribution is -0.347. The van der Waals surface area contributed by atoms with Crippen LogP contribution in [-0.2, 0) is 50.7 Å². The van der Waals surface area contributed by atoms with Gasteiger partial charge in [-0.1, -0.05) is 56.8 Å². The fourth-order valence-electron chi connectivity index (χ4n) is 5.10. The Morgan fingerprint density at radius 3 is 2.42 bits per heavy atom. The third kappa shape index (κ3) is 16.8. The number of nitrogens with one attached hydrogen (secondary N) is 2. The van der Waals surface area contributed by atoms with Crippen LogP contribution in [0.2, 0.25) is 0 Å². The Morgan fingerprint density at radius 1 is 1.03 bits per heavy atom. The molecule has 0 bridgehead atoms. The predicted octanol–water partition coefficient (Wildman–Crippen LogP) is -1.17. The highest BCUT2D eigenvalue weighted by molar-refractivity contribution is 8.13. The maximum atomic E-state index is 12.6. The number of aromatic nitrogens is 4. The summed E-state index contributed by atoms with van der Waals surface area (Å²) in [5.41, 5.74) is 4.07. The van der Waals surface area contributed by atoms with Crippen LogP contribution < -0.4 is 35.9 Å². The summed E-state index contributed by atoms with van der Waals surface area (Å²) in [6, 6.07) is 0. The Balaban J connectivity index is 1.43. The Morgan fingerprint density at radius 2 is 1.73 bits per heavy atom. The van der Waals surface area contributed by atoms with E-state index < -0.39 is 84.6 Å². The second-order valence-corrected chi connectivity index (χ2v) is 18.5. The number of imidazole rings is 1. The first-order valence-corrected chi connectivity index (χ1v) is 23.2. The number of hydrogen-bond acceptors (Lipinski definition) is 22. The number of fused-ring (bicyclic) bond motifs is 1. The molecule has 7 atom stereocenters. The summed E-state index contributed by atoms with van der Waals surface area (Å²) in [4.78, 5) is 96.2. The number of phosphoric acid groups is 3. The lowest BCUT2D eigenvalue weighted by atomic mass is 9.87. The molecule has 332 valence electrons. The number of phosphoric ester groups is 3. The van der Waals surface area contributed by atoms with Crippen molar-refractivity contribution in [1.82, 2.24) is 30.2 Å². The average Bonchev–Trinajstić information content (AvgIpc) is 3.71. The van der Waals surface area contributed by atoms with E-state index in [-0.39, 0.29) is 41.6 Å². The average molecular weight is 914 g/mol. The lowest BCUT2D eigenvalue weighted by Crippen LogP contribution is -2.46. The normalized spacial score (nSPS) is 21.4. The van der Waals surface area contributed by atoms with E-state index in [1.165, 1.54) is 13.8 Å². The van der Waals surface area contributed by atoms with Gasteiger partial charge in [0.1, 0.15) is 36.3 Å². The number of aliphatic hydroxyl groups is 2. The molecule has 2 aromatic heterocycles. The molecule has 6 N–H and O–H groups in total. The van der Waals surface area contributed by atoms with Crippen LogP contribution in [0.25, 0.3) is 11.2 Å². The molecule has 0 radical (unpaired) electrons. The van der Waals surface area contributed by atoms with Gasteiger partial charge >= 0.3 is 0 Å². The molecule has 3 heterocycles. The lowest BCUT2D eigenvalue weighted by Gasteiger charge is -2.36. The molecule has 2 aromatic rings. The van der Waals surface area contributed by atoms with Crippen molar-refractivity contribution in [2.75, 3.05) is 37.8 Å². The number of nitrogen functional groups attached to an aromatic ring is 1. The third-order valence-corrected chi connectivity index (χ3v) is 12.0. The molecule has 0 aromatic carbocycles. The molecule has 0 spiro atoms. The van der Waals surface area contributed by atoms with Crippen molar-refractivity contribution < 1.29 is 80.5 Å².